The molecule has 0 bridgehead atoms. The number of anilines is 1. The summed E-state index contributed by atoms with van der Waals surface area (Å²) < 4.78 is 0. The van der Waals surface area contributed by atoms with Crippen molar-refractivity contribution in [3.8, 4) is 0 Å². The first kappa shape index (κ1) is 23.1. The summed E-state index contributed by atoms with van der Waals surface area (Å²) in [5.74, 6) is -2.42. The fourth-order valence-corrected chi connectivity index (χ4v) is 5.54. The lowest BCUT2D eigenvalue weighted by Crippen LogP contribution is -2.59. The lowest BCUT2D eigenvalue weighted by Gasteiger charge is -2.44. The van der Waals surface area contributed by atoms with E-state index in [1.54, 1.807) is 0 Å². The summed E-state index contributed by atoms with van der Waals surface area (Å²) in [7, 11) is 0. The molecular weight excluding hydrogens is 394 g/mol. The molecule has 7 nitrogen and oxygen atoms in total. The second-order valence-corrected chi connectivity index (χ2v) is 10.4. The molecule has 0 unspecified atom stereocenters. The Kier molecular flexibility index (Phi) is 6.11. The number of benzene rings is 1. The maximum atomic E-state index is 13.2. The molecule has 3 rings (SSSR count). The third-order valence-electron chi connectivity index (χ3n) is 6.21. The highest BCUT2D eigenvalue weighted by Crippen LogP contribution is 2.46. The molecule has 4 amide bonds. The highest BCUT2D eigenvalue weighted by molar-refractivity contribution is 6.32. The molecule has 0 aromatic heterocycles. The summed E-state index contributed by atoms with van der Waals surface area (Å²) in [5, 5.41) is 12.6. The van der Waals surface area contributed by atoms with Crippen LogP contribution in [0, 0.1) is 37.5 Å². The van der Waals surface area contributed by atoms with Gasteiger partial charge in [-0.2, -0.15) is 0 Å². The fraction of sp³-hybridized carbons (Fsp3) is 0.583. The third kappa shape index (κ3) is 4.87. The van der Waals surface area contributed by atoms with Crippen molar-refractivity contribution in [3.05, 3.63) is 28.8 Å². The summed E-state index contributed by atoms with van der Waals surface area (Å²) >= 11 is 0. The van der Waals surface area contributed by atoms with Gasteiger partial charge in [0.05, 0.1) is 11.8 Å². The molecule has 1 heterocycles. The molecule has 1 aromatic rings. The van der Waals surface area contributed by atoms with Gasteiger partial charge in [-0.1, -0.05) is 38.5 Å². The summed E-state index contributed by atoms with van der Waals surface area (Å²) in [6.45, 7) is 12.4. The van der Waals surface area contributed by atoms with Gasteiger partial charge in [-0.3, -0.25) is 19.9 Å². The maximum absolute atomic E-state index is 13.2. The first-order chi connectivity index (χ1) is 14.3. The van der Waals surface area contributed by atoms with Crippen molar-refractivity contribution in [2.75, 3.05) is 11.4 Å². The van der Waals surface area contributed by atoms with Gasteiger partial charge in [0.25, 0.3) is 5.91 Å². The van der Waals surface area contributed by atoms with Gasteiger partial charge in [-0.15, -0.1) is 0 Å². The van der Waals surface area contributed by atoms with Crippen LogP contribution in [0.25, 0.3) is 0 Å². The first-order valence-electron chi connectivity index (χ1n) is 10.8. The number of carbonyl (C=O) groups is 3. The Balaban J connectivity index is 1.83. The van der Waals surface area contributed by atoms with Crippen molar-refractivity contribution in [2.45, 2.75) is 66.9 Å². The van der Waals surface area contributed by atoms with E-state index in [2.05, 4.69) is 31.1 Å². The van der Waals surface area contributed by atoms with Crippen LogP contribution in [0.3, 0.4) is 0 Å². The first-order valence-corrected chi connectivity index (χ1v) is 10.8. The van der Waals surface area contributed by atoms with Crippen molar-refractivity contribution in [1.29, 1.82) is 0 Å². The number of barbiturate groups is 1. The maximum Gasteiger partial charge on any atom is 0.335 e. The minimum atomic E-state index is -1.16. The number of nitrogens with one attached hydrogen (secondary N) is 1. The van der Waals surface area contributed by atoms with Crippen LogP contribution in [-0.2, 0) is 9.59 Å². The van der Waals surface area contributed by atoms with Crippen LogP contribution < -0.4 is 10.2 Å². The molecule has 7 heteroatoms. The number of urea groups is 1. The molecule has 2 N–H and O–H groups in total. The molecule has 2 aliphatic rings. The number of carbonyl (C=O) groups excluding carboxylic acids is 3. The number of aliphatic imine (C=N–C) groups is 1. The normalized spacial score (nSPS) is 28.9. The number of imide groups is 2. The number of aliphatic hydroxyl groups is 1. The van der Waals surface area contributed by atoms with E-state index >= 15 is 0 Å². The van der Waals surface area contributed by atoms with Crippen LogP contribution in [0.15, 0.2) is 17.1 Å². The molecule has 1 saturated carbocycles. The molecule has 1 aliphatic heterocycles. The van der Waals surface area contributed by atoms with E-state index in [-0.39, 0.29) is 16.9 Å². The van der Waals surface area contributed by atoms with E-state index in [0.717, 1.165) is 34.4 Å². The standard InChI is InChI=1S/C24H33N3O4/c1-14-7-15(2)19(16(3)8-14)27-21(30)18(20(29)26-22(27)31)11-25-13-24(6)10-17(28)9-23(4,5)12-24/h7-8,11,17-18,28H,9-10,12-13H2,1-6H3,(H,26,29,31)/t17-,18+,24+/m0/s1. The van der Waals surface area contributed by atoms with Gasteiger partial charge in [-0.25, -0.2) is 9.69 Å². The Morgan fingerprint density at radius 1 is 1.13 bits per heavy atom. The molecular formula is C24H33N3O4. The molecule has 1 aliphatic carbocycles. The fourth-order valence-electron chi connectivity index (χ4n) is 5.54. The number of amides is 4. The van der Waals surface area contributed by atoms with E-state index in [1.165, 1.54) is 6.21 Å². The van der Waals surface area contributed by atoms with Crippen molar-refractivity contribution < 1.29 is 19.5 Å². The molecule has 2 fully saturated rings. The average Bonchev–Trinajstić information content (AvgIpc) is 2.57. The van der Waals surface area contributed by atoms with E-state index in [1.807, 2.05) is 32.9 Å². The zero-order chi connectivity index (χ0) is 23.1. The highest BCUT2D eigenvalue weighted by Gasteiger charge is 2.43. The number of hydrogen-bond acceptors (Lipinski definition) is 5. The Hall–Kier alpha value is -2.54. The predicted molar refractivity (Wildman–Crippen MR) is 120 cm³/mol. The van der Waals surface area contributed by atoms with Gasteiger partial charge in [-0.05, 0) is 62.0 Å². The van der Waals surface area contributed by atoms with Crippen molar-refractivity contribution in [2.24, 2.45) is 21.7 Å². The zero-order valence-corrected chi connectivity index (χ0v) is 19.3. The average molecular weight is 428 g/mol. The number of hydrogen-bond donors (Lipinski definition) is 2. The molecule has 1 saturated heterocycles. The van der Waals surface area contributed by atoms with Crippen LogP contribution in [0.4, 0.5) is 10.5 Å². The summed E-state index contributed by atoms with van der Waals surface area (Å²) in [6, 6.07) is 3.07. The van der Waals surface area contributed by atoms with Crippen molar-refractivity contribution in [1.82, 2.24) is 5.32 Å². The molecule has 31 heavy (non-hydrogen) atoms. The Morgan fingerprint density at radius 3 is 2.32 bits per heavy atom. The van der Waals surface area contributed by atoms with E-state index < -0.39 is 23.8 Å². The molecule has 1 aromatic carbocycles. The van der Waals surface area contributed by atoms with E-state index in [9.17, 15) is 19.5 Å². The smallest absolute Gasteiger partial charge is 0.335 e. The van der Waals surface area contributed by atoms with Gasteiger partial charge in [0.15, 0.2) is 5.92 Å². The lowest BCUT2D eigenvalue weighted by atomic mass is 9.63. The Morgan fingerprint density at radius 2 is 1.74 bits per heavy atom. The van der Waals surface area contributed by atoms with E-state index in [0.29, 0.717) is 18.7 Å². The minimum Gasteiger partial charge on any atom is -0.393 e. The van der Waals surface area contributed by atoms with Crippen LogP contribution in [0.2, 0.25) is 0 Å². The topological polar surface area (TPSA) is 99.1 Å². The van der Waals surface area contributed by atoms with Crippen LogP contribution in [-0.4, -0.2) is 41.8 Å². The largest absolute Gasteiger partial charge is 0.393 e. The quantitative estimate of drug-likeness (QED) is 0.568. The SMILES string of the molecule is Cc1cc(C)c(N2C(=O)NC(=O)[C@@H](C=NC[C@]3(C)C[C@@H](O)CC(C)(C)C3)C2=O)c(C)c1. The van der Waals surface area contributed by atoms with Crippen molar-refractivity contribution >= 4 is 29.7 Å². The van der Waals surface area contributed by atoms with E-state index in [4.69, 9.17) is 0 Å². The summed E-state index contributed by atoms with van der Waals surface area (Å²) in [4.78, 5) is 43.6. The number of aliphatic hydroxyl groups excluding tert-OH is 1. The van der Waals surface area contributed by atoms with Crippen LogP contribution in [0.5, 0.6) is 0 Å². The Labute approximate surface area is 183 Å². The van der Waals surface area contributed by atoms with Gasteiger partial charge in [0.1, 0.15) is 0 Å². The zero-order valence-electron chi connectivity index (χ0n) is 19.3. The number of rotatable bonds is 4. The third-order valence-corrected chi connectivity index (χ3v) is 6.21. The monoisotopic (exact) mass is 427 g/mol. The van der Waals surface area contributed by atoms with Gasteiger partial charge < -0.3 is 5.11 Å². The highest BCUT2D eigenvalue weighted by atomic mass is 16.3. The minimum absolute atomic E-state index is 0.00365. The molecule has 168 valence electrons. The van der Waals surface area contributed by atoms with Crippen LogP contribution >= 0.6 is 0 Å². The summed E-state index contributed by atoms with van der Waals surface area (Å²) in [5.41, 5.74) is 2.90. The molecule has 0 spiro atoms. The second-order valence-electron chi connectivity index (χ2n) is 10.4. The summed E-state index contributed by atoms with van der Waals surface area (Å²) in [6.07, 6.45) is 3.25. The Bertz CT molecular complexity index is 929. The molecule has 0 radical (unpaired) electrons. The number of nitrogens with zero attached hydrogens (tertiary/aromatic N) is 2. The van der Waals surface area contributed by atoms with Gasteiger partial charge in [0.2, 0.25) is 5.91 Å². The van der Waals surface area contributed by atoms with Crippen molar-refractivity contribution in [3.63, 3.8) is 0 Å². The van der Waals surface area contributed by atoms with Gasteiger partial charge >= 0.3 is 6.03 Å². The second kappa shape index (κ2) is 8.19. The molecule has 3 atom stereocenters. The lowest BCUT2D eigenvalue weighted by molar-refractivity contribution is -0.131. The predicted octanol–water partition coefficient (Wildman–Crippen LogP) is 3.46. The van der Waals surface area contributed by atoms with Gasteiger partial charge in [0, 0.05) is 12.8 Å². The van der Waals surface area contributed by atoms with Crippen LogP contribution in [0.1, 0.15) is 56.7 Å². The number of aryl methyl sites for hydroxylation is 3.